The average Bonchev–Trinajstić information content (AvgIpc) is 3.78. The topological polar surface area (TPSA) is 136 Å². The standard InChI is InChI=1S/C28H24ClN9O2S/c1-3-18-13-20(26(39)19-9-5-6-10-21(19)29)28(41-18)38-16(2)31-34-25(38)14-30-27(40)23-12-17-8-4-7-11-22(17)37(23)15-24-32-35-36-33-24/h4-13H,3,14-15H2,1-2H3,(H,30,40)(H,32,33,35,36). The number of hydrogen-bond donors (Lipinski definition) is 2. The summed E-state index contributed by atoms with van der Waals surface area (Å²) in [7, 11) is 0. The van der Waals surface area contributed by atoms with Crippen LogP contribution >= 0.6 is 22.9 Å². The second-order valence-corrected chi connectivity index (χ2v) is 10.8. The number of nitrogens with one attached hydrogen (secondary N) is 2. The van der Waals surface area contributed by atoms with Gasteiger partial charge in [-0.2, -0.15) is 0 Å². The number of hydrogen-bond acceptors (Lipinski definition) is 8. The monoisotopic (exact) mass is 585 g/mol. The van der Waals surface area contributed by atoms with Crippen LogP contribution in [0.25, 0.3) is 15.9 Å². The number of aromatic nitrogens is 8. The van der Waals surface area contributed by atoms with Crippen LogP contribution in [0.15, 0.2) is 60.7 Å². The smallest absolute Gasteiger partial charge is 0.268 e. The number of para-hydroxylation sites is 1. The Bertz CT molecular complexity index is 1890. The van der Waals surface area contributed by atoms with Gasteiger partial charge >= 0.3 is 0 Å². The maximum Gasteiger partial charge on any atom is 0.268 e. The number of aryl methyl sites for hydroxylation is 2. The Morgan fingerprint density at radius 1 is 1.02 bits per heavy atom. The van der Waals surface area contributed by atoms with Crippen molar-refractivity contribution >= 4 is 45.5 Å². The Morgan fingerprint density at radius 2 is 1.83 bits per heavy atom. The van der Waals surface area contributed by atoms with E-state index in [0.29, 0.717) is 50.9 Å². The largest absolute Gasteiger partial charge is 0.343 e. The maximum absolute atomic E-state index is 13.6. The Balaban J connectivity index is 1.32. The lowest BCUT2D eigenvalue weighted by atomic mass is 10.0. The van der Waals surface area contributed by atoms with Crippen molar-refractivity contribution in [2.75, 3.05) is 0 Å². The molecular formula is C28H24ClN9O2S. The van der Waals surface area contributed by atoms with Gasteiger partial charge in [-0.25, -0.2) is 5.10 Å². The van der Waals surface area contributed by atoms with Crippen LogP contribution in [0.2, 0.25) is 5.02 Å². The number of aromatic amines is 1. The van der Waals surface area contributed by atoms with Gasteiger partial charge in [0.2, 0.25) is 0 Å². The number of carbonyl (C=O) groups excluding carboxylic acids is 2. The Kier molecular flexibility index (Phi) is 7.16. The van der Waals surface area contributed by atoms with Gasteiger partial charge in [0, 0.05) is 21.3 Å². The maximum atomic E-state index is 13.6. The lowest BCUT2D eigenvalue weighted by molar-refractivity contribution is 0.0940. The molecule has 0 spiro atoms. The summed E-state index contributed by atoms with van der Waals surface area (Å²) in [5, 5.41) is 27.6. The SMILES string of the molecule is CCc1cc(C(=O)c2ccccc2Cl)c(-n2c(C)nnc2CNC(=O)c2cc3ccccc3n2Cc2nnn[nH]2)s1. The number of fused-ring (bicyclic) bond motifs is 1. The first-order chi connectivity index (χ1) is 19.9. The third-order valence-corrected chi connectivity index (χ3v) is 8.31. The van der Waals surface area contributed by atoms with E-state index in [2.05, 4.69) is 36.1 Å². The molecule has 0 atom stereocenters. The summed E-state index contributed by atoms with van der Waals surface area (Å²) in [4.78, 5) is 28.2. The van der Waals surface area contributed by atoms with Crippen LogP contribution in [0.5, 0.6) is 0 Å². The molecule has 0 unspecified atom stereocenters. The number of H-pyrrole nitrogens is 1. The number of thiophene rings is 1. The van der Waals surface area contributed by atoms with Crippen molar-refractivity contribution < 1.29 is 9.59 Å². The van der Waals surface area contributed by atoms with Gasteiger partial charge in [-0.1, -0.05) is 48.9 Å². The summed E-state index contributed by atoms with van der Waals surface area (Å²) in [5.74, 6) is 1.13. The zero-order chi connectivity index (χ0) is 28.5. The number of ketones is 1. The molecule has 1 amide bonds. The summed E-state index contributed by atoms with van der Waals surface area (Å²) in [6, 6.07) is 18.4. The Hall–Kier alpha value is -4.68. The third-order valence-electron chi connectivity index (χ3n) is 6.72. The molecule has 6 rings (SSSR count). The molecule has 0 saturated heterocycles. The second kappa shape index (κ2) is 11.1. The molecular weight excluding hydrogens is 562 g/mol. The van der Waals surface area contributed by atoms with Gasteiger partial charge < -0.3 is 9.88 Å². The predicted octanol–water partition coefficient (Wildman–Crippen LogP) is 4.53. The summed E-state index contributed by atoms with van der Waals surface area (Å²) >= 11 is 7.86. The number of halogens is 1. The van der Waals surface area contributed by atoms with Crippen LogP contribution in [0, 0.1) is 6.92 Å². The molecule has 6 aromatic rings. The second-order valence-electron chi connectivity index (χ2n) is 9.30. The van der Waals surface area contributed by atoms with E-state index in [1.165, 1.54) is 11.3 Å². The first-order valence-corrected chi connectivity index (χ1v) is 14.1. The molecule has 4 aromatic heterocycles. The quantitative estimate of drug-likeness (QED) is 0.238. The zero-order valence-corrected chi connectivity index (χ0v) is 23.7. The predicted molar refractivity (Wildman–Crippen MR) is 155 cm³/mol. The van der Waals surface area contributed by atoms with Crippen molar-refractivity contribution in [2.45, 2.75) is 33.4 Å². The highest BCUT2D eigenvalue weighted by molar-refractivity contribution is 7.15. The van der Waals surface area contributed by atoms with E-state index in [9.17, 15) is 9.59 Å². The molecule has 0 bridgehead atoms. The fraction of sp³-hybridized carbons (Fsp3) is 0.179. The summed E-state index contributed by atoms with van der Waals surface area (Å²) in [5.41, 5.74) is 2.26. The van der Waals surface area contributed by atoms with Gasteiger partial charge in [-0.05, 0) is 54.1 Å². The number of nitrogens with zero attached hydrogens (tertiary/aromatic N) is 7. The highest BCUT2D eigenvalue weighted by Crippen LogP contribution is 2.32. The van der Waals surface area contributed by atoms with E-state index in [1.54, 1.807) is 24.3 Å². The van der Waals surface area contributed by atoms with Crippen LogP contribution < -0.4 is 5.32 Å². The van der Waals surface area contributed by atoms with Gasteiger partial charge in [0.05, 0.1) is 23.7 Å². The Morgan fingerprint density at radius 3 is 2.61 bits per heavy atom. The molecule has 206 valence electrons. The first-order valence-electron chi connectivity index (χ1n) is 12.9. The van der Waals surface area contributed by atoms with Gasteiger partial charge in [0.1, 0.15) is 16.5 Å². The van der Waals surface area contributed by atoms with Crippen molar-refractivity contribution in [1.82, 2.24) is 45.3 Å². The molecule has 0 saturated carbocycles. The van der Waals surface area contributed by atoms with Crippen molar-refractivity contribution in [3.63, 3.8) is 0 Å². The molecule has 0 aliphatic carbocycles. The minimum atomic E-state index is -0.298. The van der Waals surface area contributed by atoms with Crippen LogP contribution in [0.3, 0.4) is 0 Å². The molecule has 0 radical (unpaired) electrons. The highest BCUT2D eigenvalue weighted by atomic mass is 35.5. The fourth-order valence-electron chi connectivity index (χ4n) is 4.72. The van der Waals surface area contributed by atoms with Crippen molar-refractivity contribution in [3.8, 4) is 5.00 Å². The third kappa shape index (κ3) is 5.03. The van der Waals surface area contributed by atoms with Crippen molar-refractivity contribution in [1.29, 1.82) is 0 Å². The minimum Gasteiger partial charge on any atom is -0.343 e. The van der Waals surface area contributed by atoms with E-state index in [-0.39, 0.29) is 18.2 Å². The molecule has 4 heterocycles. The fourth-order valence-corrected chi connectivity index (χ4v) is 6.11. The lowest BCUT2D eigenvalue weighted by Crippen LogP contribution is -2.27. The normalized spacial score (nSPS) is 11.3. The van der Waals surface area contributed by atoms with Crippen LogP contribution in [0.4, 0.5) is 0 Å². The molecule has 2 N–H and O–H groups in total. The number of benzene rings is 2. The van der Waals surface area contributed by atoms with Gasteiger partial charge in [0.15, 0.2) is 17.4 Å². The molecule has 41 heavy (non-hydrogen) atoms. The van der Waals surface area contributed by atoms with Gasteiger partial charge in [-0.15, -0.1) is 26.6 Å². The summed E-state index contributed by atoms with van der Waals surface area (Å²) < 4.78 is 3.68. The first kappa shape index (κ1) is 26.5. The van der Waals surface area contributed by atoms with E-state index in [4.69, 9.17) is 11.6 Å². The van der Waals surface area contributed by atoms with E-state index >= 15 is 0 Å². The number of rotatable bonds is 9. The van der Waals surface area contributed by atoms with Crippen LogP contribution in [0.1, 0.15) is 55.7 Å². The van der Waals surface area contributed by atoms with E-state index < -0.39 is 0 Å². The van der Waals surface area contributed by atoms with Crippen LogP contribution in [-0.2, 0) is 19.5 Å². The highest BCUT2D eigenvalue weighted by Gasteiger charge is 2.24. The zero-order valence-electron chi connectivity index (χ0n) is 22.1. The number of amides is 1. The summed E-state index contributed by atoms with van der Waals surface area (Å²) in [6.45, 7) is 4.23. The van der Waals surface area contributed by atoms with Crippen LogP contribution in [-0.4, -0.2) is 51.6 Å². The molecule has 0 aliphatic rings. The molecule has 11 nitrogen and oxygen atoms in total. The lowest BCUT2D eigenvalue weighted by Gasteiger charge is -2.12. The number of carbonyl (C=O) groups is 2. The minimum absolute atomic E-state index is 0.0874. The van der Waals surface area contributed by atoms with Gasteiger partial charge in [0.25, 0.3) is 5.91 Å². The van der Waals surface area contributed by atoms with Crippen molar-refractivity contribution in [3.05, 3.63) is 105 Å². The molecule has 13 heteroatoms. The van der Waals surface area contributed by atoms with E-state index in [0.717, 1.165) is 22.2 Å². The van der Waals surface area contributed by atoms with Crippen molar-refractivity contribution in [2.24, 2.45) is 0 Å². The number of tetrazole rings is 1. The van der Waals surface area contributed by atoms with Gasteiger partial charge in [-0.3, -0.25) is 14.2 Å². The van der Waals surface area contributed by atoms with E-state index in [1.807, 2.05) is 59.4 Å². The Labute approximate surface area is 243 Å². The molecule has 0 aliphatic heterocycles. The summed E-state index contributed by atoms with van der Waals surface area (Å²) in [6.07, 6.45) is 0.756. The molecule has 0 fully saturated rings. The average molecular weight is 586 g/mol. The molecule has 2 aromatic carbocycles.